The number of anilines is 1. The molecule has 4 amide bonds. The molecule has 8 heteroatoms. The molecule has 0 radical (unpaired) electrons. The van der Waals surface area contributed by atoms with Crippen LogP contribution in [0, 0.1) is 22.7 Å². The fraction of sp³-hybridized carbons (Fsp3) is 0.600. The Morgan fingerprint density at radius 1 is 1.24 bits per heavy atom. The van der Waals surface area contributed by atoms with Gasteiger partial charge in [0.05, 0.1) is 19.1 Å². The Labute approximate surface area is 195 Å². The number of urea groups is 1. The molecule has 1 aromatic carbocycles. The minimum Gasteiger partial charge on any atom is -0.494 e. The van der Waals surface area contributed by atoms with Crippen LogP contribution in [0.4, 0.5) is 10.5 Å². The molecular formula is C25H34N4O4. The van der Waals surface area contributed by atoms with Crippen LogP contribution in [0.1, 0.15) is 59.8 Å². The highest BCUT2D eigenvalue weighted by Crippen LogP contribution is 2.43. The van der Waals surface area contributed by atoms with E-state index in [0.29, 0.717) is 36.8 Å². The second kappa shape index (κ2) is 9.82. The molecule has 3 rings (SSSR count). The minimum absolute atomic E-state index is 0.136. The third kappa shape index (κ3) is 5.29. The zero-order valence-electron chi connectivity index (χ0n) is 20.0. The quantitative estimate of drug-likeness (QED) is 0.630. The lowest BCUT2D eigenvalue weighted by Crippen LogP contribution is -2.51. The largest absolute Gasteiger partial charge is 0.494 e. The highest BCUT2D eigenvalue weighted by atomic mass is 16.5. The zero-order valence-corrected chi connectivity index (χ0v) is 20.0. The average Bonchev–Trinajstić information content (AvgIpc) is 2.99. The van der Waals surface area contributed by atoms with E-state index >= 15 is 0 Å². The molecule has 0 unspecified atom stereocenters. The van der Waals surface area contributed by atoms with Crippen molar-refractivity contribution in [1.82, 2.24) is 10.2 Å². The summed E-state index contributed by atoms with van der Waals surface area (Å²) < 4.78 is 5.45. The Bertz CT molecular complexity index is 921. The summed E-state index contributed by atoms with van der Waals surface area (Å²) in [5, 5.41) is 11.9. The normalized spacial score (nSPS) is 22.8. The molecule has 1 spiro atoms. The second-order valence-corrected chi connectivity index (χ2v) is 9.92. The van der Waals surface area contributed by atoms with E-state index in [0.717, 1.165) is 17.7 Å². The molecule has 1 aromatic rings. The highest BCUT2D eigenvalue weighted by molar-refractivity contribution is 6.10. The smallest absolute Gasteiger partial charge is 0.325 e. The van der Waals surface area contributed by atoms with Crippen LogP contribution in [0.2, 0.25) is 0 Å². The van der Waals surface area contributed by atoms with Crippen LogP contribution in [-0.2, 0) is 9.59 Å². The molecule has 0 bridgehead atoms. The molecule has 0 atom stereocenters. The minimum atomic E-state index is -0.907. The van der Waals surface area contributed by atoms with Gasteiger partial charge in [-0.3, -0.25) is 14.5 Å². The number of amides is 4. The highest BCUT2D eigenvalue weighted by Gasteiger charge is 2.53. The topological polar surface area (TPSA) is 103 Å². The van der Waals surface area contributed by atoms with Gasteiger partial charge in [0.15, 0.2) is 0 Å². The van der Waals surface area contributed by atoms with Crippen molar-refractivity contribution in [3.63, 3.8) is 0 Å². The Morgan fingerprint density at radius 2 is 1.88 bits per heavy atom. The van der Waals surface area contributed by atoms with Gasteiger partial charge in [0, 0.05) is 12.2 Å². The number of nitrogens with one attached hydrogen (secondary N) is 1. The fourth-order valence-corrected chi connectivity index (χ4v) is 4.80. The number of nitrogens with zero attached hydrogens (tertiary/aromatic N) is 3. The SMILES string of the molecule is CCOc1ccc(N(CCC#N)C(=O)CN2C(=O)NC3(CCC(C(C)(C)C)CC3)C2=O)cc1. The lowest BCUT2D eigenvalue weighted by atomic mass is 9.67. The predicted molar refractivity (Wildman–Crippen MR) is 125 cm³/mol. The van der Waals surface area contributed by atoms with Gasteiger partial charge in [-0.1, -0.05) is 20.8 Å². The number of imide groups is 1. The summed E-state index contributed by atoms with van der Waals surface area (Å²) in [7, 11) is 0. The molecule has 1 aliphatic carbocycles. The third-order valence-electron chi connectivity index (χ3n) is 6.81. The fourth-order valence-electron chi connectivity index (χ4n) is 4.80. The van der Waals surface area contributed by atoms with E-state index in [1.54, 1.807) is 24.3 Å². The van der Waals surface area contributed by atoms with Crippen LogP contribution in [-0.4, -0.2) is 48.0 Å². The standard InChI is InChI=1S/C25H34N4O4/c1-5-33-20-9-7-19(8-10-20)28(16-6-15-26)21(30)17-29-22(31)25(27-23(29)32)13-11-18(12-14-25)24(2,3)4/h7-10,18H,5-6,11-14,16-17H2,1-4H3,(H,27,32). The summed E-state index contributed by atoms with van der Waals surface area (Å²) in [5.74, 6) is 0.443. The van der Waals surface area contributed by atoms with E-state index in [9.17, 15) is 14.4 Å². The van der Waals surface area contributed by atoms with E-state index in [-0.39, 0.29) is 30.8 Å². The Morgan fingerprint density at radius 3 is 2.42 bits per heavy atom. The average molecular weight is 455 g/mol. The van der Waals surface area contributed by atoms with E-state index in [4.69, 9.17) is 10.00 Å². The number of rotatable bonds is 7. The molecule has 33 heavy (non-hydrogen) atoms. The van der Waals surface area contributed by atoms with Crippen molar-refractivity contribution in [3.05, 3.63) is 24.3 Å². The van der Waals surface area contributed by atoms with Crippen LogP contribution in [0.15, 0.2) is 24.3 Å². The van der Waals surface area contributed by atoms with Crippen molar-refractivity contribution in [2.45, 2.75) is 65.3 Å². The van der Waals surface area contributed by atoms with Gasteiger partial charge >= 0.3 is 6.03 Å². The van der Waals surface area contributed by atoms with Gasteiger partial charge in [-0.05, 0) is 68.2 Å². The first-order valence-corrected chi connectivity index (χ1v) is 11.7. The maximum absolute atomic E-state index is 13.3. The predicted octanol–water partition coefficient (Wildman–Crippen LogP) is 3.86. The molecule has 178 valence electrons. The van der Waals surface area contributed by atoms with E-state index in [2.05, 4.69) is 32.2 Å². The van der Waals surface area contributed by atoms with Crippen molar-refractivity contribution in [2.24, 2.45) is 11.3 Å². The molecule has 1 heterocycles. The summed E-state index contributed by atoms with van der Waals surface area (Å²) in [6.45, 7) is 8.84. The first-order valence-electron chi connectivity index (χ1n) is 11.7. The zero-order chi connectivity index (χ0) is 24.2. The number of carbonyl (C=O) groups is 3. The van der Waals surface area contributed by atoms with Gasteiger partial charge in [0.1, 0.15) is 17.8 Å². The van der Waals surface area contributed by atoms with Crippen LogP contribution < -0.4 is 15.0 Å². The third-order valence-corrected chi connectivity index (χ3v) is 6.81. The van der Waals surface area contributed by atoms with Crippen LogP contribution in [0.5, 0.6) is 5.75 Å². The van der Waals surface area contributed by atoms with Gasteiger partial charge in [-0.2, -0.15) is 5.26 Å². The maximum atomic E-state index is 13.3. The molecule has 2 fully saturated rings. The lowest BCUT2D eigenvalue weighted by molar-refractivity contribution is -0.135. The molecule has 0 aromatic heterocycles. The first-order chi connectivity index (χ1) is 15.6. The van der Waals surface area contributed by atoms with Crippen molar-refractivity contribution in [3.8, 4) is 11.8 Å². The van der Waals surface area contributed by atoms with Gasteiger partial charge < -0.3 is 15.0 Å². The maximum Gasteiger partial charge on any atom is 0.325 e. The Hall–Kier alpha value is -3.08. The van der Waals surface area contributed by atoms with Crippen LogP contribution >= 0.6 is 0 Å². The Balaban J connectivity index is 1.72. The van der Waals surface area contributed by atoms with Crippen molar-refractivity contribution in [2.75, 3.05) is 24.6 Å². The van der Waals surface area contributed by atoms with E-state index < -0.39 is 17.5 Å². The summed E-state index contributed by atoms with van der Waals surface area (Å²) in [6, 6.07) is 8.51. The van der Waals surface area contributed by atoms with Gasteiger partial charge in [0.2, 0.25) is 5.91 Å². The number of nitriles is 1. The molecule has 2 aliphatic rings. The summed E-state index contributed by atoms with van der Waals surface area (Å²) in [4.78, 5) is 41.6. The molecule has 8 nitrogen and oxygen atoms in total. The molecule has 1 saturated heterocycles. The summed E-state index contributed by atoms with van der Waals surface area (Å²) >= 11 is 0. The van der Waals surface area contributed by atoms with Crippen LogP contribution in [0.3, 0.4) is 0 Å². The number of carbonyl (C=O) groups excluding carboxylic acids is 3. The van der Waals surface area contributed by atoms with E-state index in [1.165, 1.54) is 4.90 Å². The van der Waals surface area contributed by atoms with Crippen molar-refractivity contribution in [1.29, 1.82) is 5.26 Å². The lowest BCUT2D eigenvalue weighted by Gasteiger charge is -2.40. The van der Waals surface area contributed by atoms with E-state index in [1.807, 2.05) is 6.92 Å². The van der Waals surface area contributed by atoms with Crippen molar-refractivity contribution >= 4 is 23.5 Å². The number of benzene rings is 1. The molecule has 1 N–H and O–H groups in total. The van der Waals surface area contributed by atoms with Crippen molar-refractivity contribution < 1.29 is 19.1 Å². The van der Waals surface area contributed by atoms with Gasteiger partial charge in [-0.15, -0.1) is 0 Å². The second-order valence-electron chi connectivity index (χ2n) is 9.92. The summed E-state index contributed by atoms with van der Waals surface area (Å²) in [6.07, 6.45) is 3.02. The monoisotopic (exact) mass is 454 g/mol. The first kappa shape index (κ1) is 24.6. The molecule has 1 saturated carbocycles. The molecular weight excluding hydrogens is 420 g/mol. The van der Waals surface area contributed by atoms with Gasteiger partial charge in [-0.25, -0.2) is 4.79 Å². The Kier molecular flexibility index (Phi) is 7.31. The number of hydrogen-bond acceptors (Lipinski definition) is 5. The van der Waals surface area contributed by atoms with Gasteiger partial charge in [0.25, 0.3) is 5.91 Å². The summed E-state index contributed by atoms with van der Waals surface area (Å²) in [5.41, 5.74) is -0.163. The van der Waals surface area contributed by atoms with Crippen LogP contribution in [0.25, 0.3) is 0 Å². The molecule has 1 aliphatic heterocycles. The number of ether oxygens (including phenoxy) is 1. The number of hydrogen-bond donors (Lipinski definition) is 1.